The summed E-state index contributed by atoms with van der Waals surface area (Å²) >= 11 is 1.69. The Labute approximate surface area is 99.1 Å². The van der Waals surface area contributed by atoms with Gasteiger partial charge in [-0.25, -0.2) is 0 Å². The van der Waals surface area contributed by atoms with Gasteiger partial charge in [-0.3, -0.25) is 4.98 Å². The second-order valence-electron chi connectivity index (χ2n) is 3.40. The lowest BCUT2D eigenvalue weighted by Gasteiger charge is -2.13. The summed E-state index contributed by atoms with van der Waals surface area (Å²) in [7, 11) is 3.63. The highest BCUT2D eigenvalue weighted by Gasteiger charge is 2.14. The molecule has 0 fully saturated rings. The van der Waals surface area contributed by atoms with Crippen molar-refractivity contribution >= 4 is 11.3 Å². The summed E-state index contributed by atoms with van der Waals surface area (Å²) in [6.45, 7) is 0. The average molecular weight is 234 g/mol. The fourth-order valence-corrected chi connectivity index (χ4v) is 2.60. The fourth-order valence-electron chi connectivity index (χ4n) is 1.61. The second-order valence-corrected chi connectivity index (χ2v) is 4.34. The molecule has 0 amide bonds. The van der Waals surface area contributed by atoms with E-state index < -0.39 is 0 Å². The van der Waals surface area contributed by atoms with Gasteiger partial charge in [-0.15, -0.1) is 11.3 Å². The van der Waals surface area contributed by atoms with Crippen molar-refractivity contribution in [3.05, 3.63) is 46.4 Å². The van der Waals surface area contributed by atoms with Gasteiger partial charge >= 0.3 is 0 Å². The van der Waals surface area contributed by atoms with Gasteiger partial charge in [0.1, 0.15) is 5.75 Å². The third kappa shape index (κ3) is 2.23. The molecular weight excluding hydrogens is 220 g/mol. The summed E-state index contributed by atoms with van der Waals surface area (Å²) in [4.78, 5) is 5.37. The maximum atomic E-state index is 5.19. The Balaban J connectivity index is 2.29. The van der Waals surface area contributed by atoms with Gasteiger partial charge in [0.15, 0.2) is 0 Å². The molecule has 0 aliphatic rings. The number of hydrogen-bond acceptors (Lipinski definition) is 4. The number of thiophene rings is 1. The van der Waals surface area contributed by atoms with Crippen LogP contribution in [0.25, 0.3) is 0 Å². The summed E-state index contributed by atoms with van der Waals surface area (Å²) in [6.07, 6.45) is 3.67. The zero-order valence-electron chi connectivity index (χ0n) is 9.31. The van der Waals surface area contributed by atoms with E-state index in [1.807, 2.05) is 24.7 Å². The summed E-state index contributed by atoms with van der Waals surface area (Å²) in [6, 6.07) is 6.26. The van der Waals surface area contributed by atoms with E-state index in [9.17, 15) is 0 Å². The van der Waals surface area contributed by atoms with Gasteiger partial charge in [0.2, 0.25) is 0 Å². The molecule has 2 aromatic rings. The molecule has 84 valence electrons. The van der Waals surface area contributed by atoms with Crippen molar-refractivity contribution in [1.29, 1.82) is 0 Å². The first-order chi connectivity index (χ1) is 7.85. The van der Waals surface area contributed by atoms with Crippen molar-refractivity contribution in [3.63, 3.8) is 0 Å². The summed E-state index contributed by atoms with van der Waals surface area (Å²) in [5.74, 6) is 0.907. The molecule has 0 bridgehead atoms. The molecule has 2 heterocycles. The van der Waals surface area contributed by atoms with E-state index in [0.29, 0.717) is 0 Å². The van der Waals surface area contributed by atoms with Crippen molar-refractivity contribution in [2.75, 3.05) is 14.2 Å². The number of aromatic nitrogens is 1. The van der Waals surface area contributed by atoms with Crippen molar-refractivity contribution in [2.45, 2.75) is 6.04 Å². The fraction of sp³-hybridized carbons (Fsp3) is 0.250. The zero-order valence-corrected chi connectivity index (χ0v) is 10.1. The first-order valence-electron chi connectivity index (χ1n) is 5.04. The molecule has 4 heteroatoms. The van der Waals surface area contributed by atoms with Gasteiger partial charge in [0.05, 0.1) is 13.2 Å². The van der Waals surface area contributed by atoms with Gasteiger partial charge in [-0.05, 0) is 24.7 Å². The quantitative estimate of drug-likeness (QED) is 0.882. The highest BCUT2D eigenvalue weighted by atomic mass is 32.1. The predicted molar refractivity (Wildman–Crippen MR) is 66.0 cm³/mol. The molecule has 1 atom stereocenters. The van der Waals surface area contributed by atoms with Crippen LogP contribution >= 0.6 is 11.3 Å². The monoisotopic (exact) mass is 234 g/mol. The first kappa shape index (κ1) is 11.1. The van der Waals surface area contributed by atoms with Crippen LogP contribution in [0.3, 0.4) is 0 Å². The molecule has 0 aromatic carbocycles. The lowest BCUT2D eigenvalue weighted by atomic mass is 10.1. The molecule has 0 saturated heterocycles. The van der Waals surface area contributed by atoms with Crippen molar-refractivity contribution in [1.82, 2.24) is 10.3 Å². The van der Waals surface area contributed by atoms with Crippen LogP contribution in [0, 0.1) is 0 Å². The molecule has 3 nitrogen and oxygen atoms in total. The first-order valence-corrected chi connectivity index (χ1v) is 5.92. The summed E-state index contributed by atoms with van der Waals surface area (Å²) < 4.78 is 5.19. The molecule has 1 N–H and O–H groups in total. The Morgan fingerprint density at radius 1 is 1.50 bits per heavy atom. The maximum absolute atomic E-state index is 5.19. The number of rotatable bonds is 4. The van der Waals surface area contributed by atoms with Gasteiger partial charge in [-0.2, -0.15) is 0 Å². The van der Waals surface area contributed by atoms with E-state index >= 15 is 0 Å². The van der Waals surface area contributed by atoms with E-state index in [2.05, 4.69) is 22.4 Å². The lowest BCUT2D eigenvalue weighted by Crippen LogP contribution is -2.16. The van der Waals surface area contributed by atoms with Crippen molar-refractivity contribution in [2.24, 2.45) is 0 Å². The normalized spacial score (nSPS) is 12.4. The number of nitrogens with zero attached hydrogens (tertiary/aromatic N) is 1. The highest BCUT2D eigenvalue weighted by Crippen LogP contribution is 2.30. The maximum Gasteiger partial charge on any atom is 0.129 e. The molecule has 0 aliphatic carbocycles. The molecule has 0 radical (unpaired) electrons. The third-order valence-corrected chi connectivity index (χ3v) is 3.40. The van der Waals surface area contributed by atoms with Crippen LogP contribution in [0.4, 0.5) is 0 Å². The number of nitrogens with one attached hydrogen (secondary N) is 1. The standard InChI is InChI=1S/C12H14N2OS/c1-13-12(9-4-3-5-14-7-9)11-6-10(15-2)8-16-11/h3-8,12-13H,1-2H3. The number of ether oxygens (including phenoxy) is 1. The minimum atomic E-state index is 0.183. The van der Waals surface area contributed by atoms with Gasteiger partial charge < -0.3 is 10.1 Å². The molecule has 0 aliphatic heterocycles. The van der Waals surface area contributed by atoms with Crippen LogP contribution in [-0.4, -0.2) is 19.1 Å². The Hall–Kier alpha value is -1.39. The minimum Gasteiger partial charge on any atom is -0.496 e. The topological polar surface area (TPSA) is 34.2 Å². The average Bonchev–Trinajstić information content (AvgIpc) is 2.80. The van der Waals surface area contributed by atoms with Gasteiger partial charge in [0, 0.05) is 22.7 Å². The third-order valence-electron chi connectivity index (χ3n) is 2.42. The zero-order chi connectivity index (χ0) is 11.4. The molecule has 16 heavy (non-hydrogen) atoms. The predicted octanol–water partition coefficient (Wildman–Crippen LogP) is 2.46. The molecule has 0 spiro atoms. The second kappa shape index (κ2) is 5.09. The SMILES string of the molecule is CNC(c1cccnc1)c1cc(OC)cs1. The Morgan fingerprint density at radius 2 is 2.38 bits per heavy atom. The Morgan fingerprint density at radius 3 is 2.94 bits per heavy atom. The van der Waals surface area contributed by atoms with Crippen molar-refractivity contribution in [3.8, 4) is 5.75 Å². The number of pyridine rings is 1. The summed E-state index contributed by atoms with van der Waals surface area (Å²) in [5.41, 5.74) is 1.16. The molecule has 2 rings (SSSR count). The lowest BCUT2D eigenvalue weighted by molar-refractivity contribution is 0.416. The molecule has 2 aromatic heterocycles. The van der Waals surface area contributed by atoms with E-state index in [0.717, 1.165) is 11.3 Å². The van der Waals surface area contributed by atoms with Gasteiger partial charge in [-0.1, -0.05) is 6.07 Å². The Kier molecular flexibility index (Phi) is 3.54. The van der Waals surface area contributed by atoms with Crippen LogP contribution in [-0.2, 0) is 0 Å². The largest absolute Gasteiger partial charge is 0.496 e. The van der Waals surface area contributed by atoms with E-state index in [4.69, 9.17) is 4.74 Å². The molecule has 1 unspecified atom stereocenters. The highest BCUT2D eigenvalue weighted by molar-refractivity contribution is 7.10. The van der Waals surface area contributed by atoms with Crippen LogP contribution in [0.1, 0.15) is 16.5 Å². The van der Waals surface area contributed by atoms with E-state index in [1.54, 1.807) is 24.6 Å². The van der Waals surface area contributed by atoms with Crippen molar-refractivity contribution < 1.29 is 4.74 Å². The van der Waals surface area contributed by atoms with Crippen LogP contribution in [0.15, 0.2) is 36.0 Å². The molecule has 0 saturated carbocycles. The smallest absolute Gasteiger partial charge is 0.129 e. The molecular formula is C12H14N2OS. The van der Waals surface area contributed by atoms with Crippen LogP contribution in [0.2, 0.25) is 0 Å². The minimum absolute atomic E-state index is 0.183. The Bertz CT molecular complexity index is 441. The number of hydrogen-bond donors (Lipinski definition) is 1. The number of methoxy groups -OCH3 is 1. The van der Waals surface area contributed by atoms with Gasteiger partial charge in [0.25, 0.3) is 0 Å². The van der Waals surface area contributed by atoms with E-state index in [-0.39, 0.29) is 6.04 Å². The summed E-state index contributed by atoms with van der Waals surface area (Å²) in [5, 5.41) is 5.30. The van der Waals surface area contributed by atoms with Crippen LogP contribution in [0.5, 0.6) is 5.75 Å². The van der Waals surface area contributed by atoms with E-state index in [1.165, 1.54) is 4.88 Å². The van der Waals surface area contributed by atoms with Crippen LogP contribution < -0.4 is 10.1 Å².